The summed E-state index contributed by atoms with van der Waals surface area (Å²) in [4.78, 5) is 12.0. The van der Waals surface area contributed by atoms with Crippen molar-refractivity contribution in [2.45, 2.75) is 107 Å². The highest BCUT2D eigenvalue weighted by Gasteiger charge is 2.69. The minimum Gasteiger partial charge on any atom is -0.394 e. The molecule has 6 fully saturated rings. The highest BCUT2D eigenvalue weighted by molar-refractivity contribution is 5.09. The SMILES string of the molecule is C[C@H]1[C@@H](CCO[C@@H]2O[C@H](CO)[C@@H](O)[C@H](O)[C@H]2O)O[C@@H]2O[C@]3(C)CC[C@H]4[C@H](C)CC[C@@H]1[C@@]24OO3. The molecule has 5 heterocycles. The normalized spacial score (nSPS) is 56.3. The van der Waals surface area contributed by atoms with Crippen molar-refractivity contribution in [2.75, 3.05) is 13.2 Å². The topological polar surface area (TPSA) is 136 Å². The molecule has 5 saturated heterocycles. The number of aliphatic hydroxyl groups is 4. The van der Waals surface area contributed by atoms with Crippen LogP contribution in [0.5, 0.6) is 0 Å². The van der Waals surface area contributed by atoms with Gasteiger partial charge >= 0.3 is 0 Å². The van der Waals surface area contributed by atoms with Crippen molar-refractivity contribution >= 4 is 0 Å². The van der Waals surface area contributed by atoms with Crippen LogP contribution in [0.15, 0.2) is 0 Å². The lowest BCUT2D eigenvalue weighted by molar-refractivity contribution is -0.571. The van der Waals surface area contributed by atoms with Crippen LogP contribution in [0.3, 0.4) is 0 Å². The molecule has 33 heavy (non-hydrogen) atoms. The molecule has 6 aliphatic rings. The van der Waals surface area contributed by atoms with Crippen LogP contribution in [-0.4, -0.2) is 88.1 Å². The third-order valence-corrected chi connectivity index (χ3v) is 8.83. The molecule has 0 aromatic rings. The molecular weight excluding hydrogens is 436 g/mol. The van der Waals surface area contributed by atoms with Crippen LogP contribution in [0.4, 0.5) is 0 Å². The Bertz CT molecular complexity index is 707. The van der Waals surface area contributed by atoms with E-state index in [1.807, 2.05) is 6.92 Å². The van der Waals surface area contributed by atoms with Crippen LogP contribution in [0.25, 0.3) is 0 Å². The summed E-state index contributed by atoms with van der Waals surface area (Å²) in [5.41, 5.74) is -0.609. The van der Waals surface area contributed by atoms with Gasteiger partial charge in [0.2, 0.25) is 5.79 Å². The standard InChI is InChI=1S/C23H38O10/c1-11-4-5-14-12(2)15(7-9-28-20-19(27)18(26)17(25)16(10-24)29-20)30-21-23(14)13(11)6-8-22(3,31-21)32-33-23/h11-21,24-27H,4-10H2,1-3H3/t11-,12-,13+,14+,15-,16-,17-,18+,19-,20-,21-,22+,23-/m1/s1. The van der Waals surface area contributed by atoms with Crippen LogP contribution in [0, 0.1) is 23.7 Å². The molecule has 190 valence electrons. The van der Waals surface area contributed by atoms with Crippen molar-refractivity contribution < 1.29 is 49.1 Å². The molecule has 5 aliphatic heterocycles. The summed E-state index contributed by atoms with van der Waals surface area (Å²) in [6.07, 6.45) is -2.70. The second-order valence-corrected chi connectivity index (χ2v) is 10.8. The molecule has 13 atom stereocenters. The van der Waals surface area contributed by atoms with Crippen molar-refractivity contribution in [3.05, 3.63) is 0 Å². The average molecular weight is 475 g/mol. The van der Waals surface area contributed by atoms with Crippen LogP contribution >= 0.6 is 0 Å². The number of hydrogen-bond donors (Lipinski definition) is 4. The fraction of sp³-hybridized carbons (Fsp3) is 1.00. The van der Waals surface area contributed by atoms with Gasteiger partial charge in [0.05, 0.1) is 19.3 Å². The summed E-state index contributed by atoms with van der Waals surface area (Å²) in [5, 5.41) is 39.5. The Morgan fingerprint density at radius 1 is 0.909 bits per heavy atom. The van der Waals surface area contributed by atoms with Gasteiger partial charge in [0.15, 0.2) is 18.2 Å². The van der Waals surface area contributed by atoms with Crippen LogP contribution in [0.1, 0.15) is 52.9 Å². The van der Waals surface area contributed by atoms with Gasteiger partial charge < -0.3 is 39.4 Å². The fourth-order valence-corrected chi connectivity index (χ4v) is 6.81. The fourth-order valence-electron chi connectivity index (χ4n) is 6.81. The molecule has 6 rings (SSSR count). The van der Waals surface area contributed by atoms with E-state index in [1.54, 1.807) is 0 Å². The van der Waals surface area contributed by atoms with Crippen LogP contribution in [0.2, 0.25) is 0 Å². The minimum atomic E-state index is -1.46. The van der Waals surface area contributed by atoms with E-state index in [0.29, 0.717) is 18.3 Å². The molecule has 10 nitrogen and oxygen atoms in total. The Balaban J connectivity index is 1.27. The van der Waals surface area contributed by atoms with Gasteiger partial charge in [0.25, 0.3) is 0 Å². The van der Waals surface area contributed by atoms with Gasteiger partial charge in [0.1, 0.15) is 24.4 Å². The zero-order valence-corrected chi connectivity index (χ0v) is 19.5. The van der Waals surface area contributed by atoms with Crippen molar-refractivity contribution in [3.8, 4) is 0 Å². The molecule has 1 aliphatic carbocycles. The highest BCUT2D eigenvalue weighted by Crippen LogP contribution is 2.60. The molecule has 1 spiro atoms. The molecule has 0 unspecified atom stereocenters. The van der Waals surface area contributed by atoms with E-state index in [4.69, 9.17) is 28.7 Å². The van der Waals surface area contributed by atoms with E-state index < -0.39 is 55.0 Å². The maximum absolute atomic E-state index is 10.2. The maximum Gasteiger partial charge on any atom is 0.201 e. The lowest BCUT2D eigenvalue weighted by Crippen LogP contribution is -2.70. The summed E-state index contributed by atoms with van der Waals surface area (Å²) in [6.45, 7) is 6.07. The van der Waals surface area contributed by atoms with E-state index >= 15 is 0 Å². The smallest absolute Gasteiger partial charge is 0.201 e. The van der Waals surface area contributed by atoms with Crippen LogP contribution < -0.4 is 0 Å². The first-order valence-corrected chi connectivity index (χ1v) is 12.3. The molecule has 0 amide bonds. The Morgan fingerprint density at radius 3 is 2.45 bits per heavy atom. The number of aliphatic hydroxyl groups excluding tert-OH is 4. The first-order valence-electron chi connectivity index (χ1n) is 12.3. The summed E-state index contributed by atoms with van der Waals surface area (Å²) < 4.78 is 24.0. The maximum atomic E-state index is 10.2. The zero-order chi connectivity index (χ0) is 23.5. The van der Waals surface area contributed by atoms with Gasteiger partial charge in [-0.05, 0) is 50.4 Å². The van der Waals surface area contributed by atoms with E-state index in [2.05, 4.69) is 13.8 Å². The van der Waals surface area contributed by atoms with E-state index in [0.717, 1.165) is 25.7 Å². The van der Waals surface area contributed by atoms with E-state index in [-0.39, 0.29) is 24.5 Å². The van der Waals surface area contributed by atoms with E-state index in [9.17, 15) is 20.4 Å². The predicted molar refractivity (Wildman–Crippen MR) is 111 cm³/mol. The van der Waals surface area contributed by atoms with E-state index in [1.165, 1.54) is 0 Å². The summed E-state index contributed by atoms with van der Waals surface area (Å²) in [6, 6.07) is 0. The Morgan fingerprint density at radius 2 is 1.70 bits per heavy atom. The van der Waals surface area contributed by atoms with Gasteiger partial charge in [-0.3, -0.25) is 0 Å². The molecule has 2 bridgehead atoms. The number of rotatable bonds is 5. The summed E-state index contributed by atoms with van der Waals surface area (Å²) in [5.74, 6) is 0.370. The first-order chi connectivity index (χ1) is 15.7. The third kappa shape index (κ3) is 3.87. The Kier molecular flexibility index (Phi) is 6.57. The minimum absolute atomic E-state index is 0.156. The van der Waals surface area contributed by atoms with Gasteiger partial charge in [-0.1, -0.05) is 13.8 Å². The number of hydrogen-bond acceptors (Lipinski definition) is 10. The number of ether oxygens (including phenoxy) is 4. The predicted octanol–water partition coefficient (Wildman–Crippen LogP) is 0.444. The quantitative estimate of drug-likeness (QED) is 0.416. The van der Waals surface area contributed by atoms with Gasteiger partial charge in [-0.2, -0.15) is 0 Å². The molecule has 1 saturated carbocycles. The van der Waals surface area contributed by atoms with Crippen molar-refractivity contribution in [1.82, 2.24) is 0 Å². The third-order valence-electron chi connectivity index (χ3n) is 8.83. The number of fused-ring (bicyclic) bond motifs is 2. The summed E-state index contributed by atoms with van der Waals surface area (Å²) >= 11 is 0. The van der Waals surface area contributed by atoms with Crippen molar-refractivity contribution in [3.63, 3.8) is 0 Å². The first kappa shape index (κ1) is 24.3. The molecule has 0 aromatic heterocycles. The largest absolute Gasteiger partial charge is 0.394 e. The molecule has 0 radical (unpaired) electrons. The van der Waals surface area contributed by atoms with Gasteiger partial charge in [0, 0.05) is 12.3 Å². The van der Waals surface area contributed by atoms with Crippen molar-refractivity contribution in [1.29, 1.82) is 0 Å². The summed E-state index contributed by atoms with van der Waals surface area (Å²) in [7, 11) is 0. The lowest BCUT2D eigenvalue weighted by Gasteiger charge is -2.60. The molecule has 0 aromatic carbocycles. The Hall–Kier alpha value is -0.400. The second-order valence-electron chi connectivity index (χ2n) is 10.8. The van der Waals surface area contributed by atoms with Gasteiger partial charge in [-0.15, -0.1) is 0 Å². The van der Waals surface area contributed by atoms with Crippen LogP contribution in [-0.2, 0) is 28.7 Å². The second kappa shape index (κ2) is 8.92. The molecule has 4 N–H and O–H groups in total. The molecular formula is C23H38O10. The Labute approximate surface area is 194 Å². The molecule has 10 heteroatoms. The lowest BCUT2D eigenvalue weighted by atomic mass is 9.57. The van der Waals surface area contributed by atoms with Crippen molar-refractivity contribution in [2.24, 2.45) is 23.7 Å². The highest BCUT2D eigenvalue weighted by atomic mass is 17.3. The van der Waals surface area contributed by atoms with Gasteiger partial charge in [-0.25, -0.2) is 9.78 Å². The zero-order valence-electron chi connectivity index (χ0n) is 19.5. The average Bonchev–Trinajstić information content (AvgIpc) is 3.03. The monoisotopic (exact) mass is 474 g/mol.